The van der Waals surface area contributed by atoms with Gasteiger partial charge in [-0.15, -0.1) is 0 Å². The number of nitrogens with one attached hydrogen (secondary N) is 2. The van der Waals surface area contributed by atoms with Crippen molar-refractivity contribution >= 4 is 17.9 Å². The van der Waals surface area contributed by atoms with Gasteiger partial charge in [-0.1, -0.05) is 70.7 Å². The van der Waals surface area contributed by atoms with Crippen LogP contribution in [0, 0.1) is 5.92 Å². The molecule has 3 rings (SSSR count). The molecular formula is C30H47N3O4. The summed E-state index contributed by atoms with van der Waals surface area (Å²) in [7, 11) is 0. The third-order valence-corrected chi connectivity index (χ3v) is 7.53. The second-order valence-electron chi connectivity index (χ2n) is 11.8. The minimum atomic E-state index is -0.777. The molecule has 2 saturated carbocycles. The average Bonchev–Trinajstić information content (AvgIpc) is 3.69. The molecule has 37 heavy (non-hydrogen) atoms. The van der Waals surface area contributed by atoms with Crippen LogP contribution in [-0.4, -0.2) is 46.5 Å². The normalized spacial score (nSPS) is 18.9. The molecule has 0 spiro atoms. The zero-order chi connectivity index (χ0) is 27.2. The minimum absolute atomic E-state index is 0.0209. The summed E-state index contributed by atoms with van der Waals surface area (Å²) >= 11 is 0. The molecule has 0 aromatic heterocycles. The lowest BCUT2D eigenvalue weighted by atomic mass is 9.93. The number of nitrogens with zero attached hydrogens (tertiary/aromatic N) is 1. The van der Waals surface area contributed by atoms with E-state index in [2.05, 4.69) is 17.6 Å². The van der Waals surface area contributed by atoms with Gasteiger partial charge in [0.1, 0.15) is 17.7 Å². The number of carbonyl (C=O) groups is 3. The molecule has 206 valence electrons. The molecule has 2 aliphatic rings. The van der Waals surface area contributed by atoms with Crippen molar-refractivity contribution in [1.82, 2.24) is 15.5 Å². The van der Waals surface area contributed by atoms with Gasteiger partial charge >= 0.3 is 6.09 Å². The Morgan fingerprint density at radius 2 is 1.62 bits per heavy atom. The number of amides is 3. The Morgan fingerprint density at radius 3 is 2.14 bits per heavy atom. The fraction of sp³-hybridized carbons (Fsp3) is 0.700. The van der Waals surface area contributed by atoms with Crippen LogP contribution in [0.15, 0.2) is 24.3 Å². The Morgan fingerprint density at radius 1 is 1.00 bits per heavy atom. The summed E-state index contributed by atoms with van der Waals surface area (Å²) in [5.74, 6) is -0.464. The van der Waals surface area contributed by atoms with Crippen molar-refractivity contribution in [3.63, 3.8) is 0 Å². The van der Waals surface area contributed by atoms with Crippen molar-refractivity contribution in [1.29, 1.82) is 0 Å². The Bertz CT molecular complexity index is 914. The maximum absolute atomic E-state index is 14.2. The highest BCUT2D eigenvalue weighted by molar-refractivity contribution is 5.92. The number of hydrogen-bond acceptors (Lipinski definition) is 4. The van der Waals surface area contributed by atoms with Crippen molar-refractivity contribution in [3.8, 4) is 0 Å². The molecule has 0 bridgehead atoms. The molecule has 3 unspecified atom stereocenters. The lowest BCUT2D eigenvalue weighted by molar-refractivity contribution is -0.144. The van der Waals surface area contributed by atoms with E-state index in [-0.39, 0.29) is 29.8 Å². The van der Waals surface area contributed by atoms with Gasteiger partial charge in [0.25, 0.3) is 0 Å². The van der Waals surface area contributed by atoms with Crippen molar-refractivity contribution < 1.29 is 19.1 Å². The highest BCUT2D eigenvalue weighted by Crippen LogP contribution is 2.37. The summed E-state index contributed by atoms with van der Waals surface area (Å²) in [6, 6.07) is 6.64. The SMILES string of the molecule is CCc1ccc(C(C(=O)NC2CCCCC2)N(C(=O)C(NC(=O)OC(C)(C)C)C(C)CC)C2CC2)cc1. The zero-order valence-electron chi connectivity index (χ0n) is 23.6. The Labute approximate surface area is 223 Å². The number of alkyl carbamates (subject to hydrolysis) is 1. The number of benzene rings is 1. The molecule has 3 atom stereocenters. The summed E-state index contributed by atoms with van der Waals surface area (Å²) in [6.45, 7) is 11.5. The van der Waals surface area contributed by atoms with Gasteiger partial charge < -0.3 is 20.3 Å². The van der Waals surface area contributed by atoms with Crippen LogP contribution in [0.1, 0.15) is 110 Å². The van der Waals surface area contributed by atoms with Crippen molar-refractivity contribution in [3.05, 3.63) is 35.4 Å². The van der Waals surface area contributed by atoms with Crippen LogP contribution in [-0.2, 0) is 20.7 Å². The smallest absolute Gasteiger partial charge is 0.408 e. The number of hydrogen-bond donors (Lipinski definition) is 2. The molecule has 0 heterocycles. The van der Waals surface area contributed by atoms with Crippen LogP contribution in [0.5, 0.6) is 0 Å². The van der Waals surface area contributed by atoms with Gasteiger partial charge in [-0.25, -0.2) is 4.79 Å². The quantitative estimate of drug-likeness (QED) is 0.422. The molecule has 3 amide bonds. The molecule has 7 heteroatoms. The fourth-order valence-corrected chi connectivity index (χ4v) is 5.05. The molecule has 0 saturated heterocycles. The van der Waals surface area contributed by atoms with Gasteiger partial charge in [0.15, 0.2) is 0 Å². The molecule has 2 fully saturated rings. The summed E-state index contributed by atoms with van der Waals surface area (Å²) in [4.78, 5) is 42.6. The minimum Gasteiger partial charge on any atom is -0.444 e. The third-order valence-electron chi connectivity index (χ3n) is 7.53. The largest absolute Gasteiger partial charge is 0.444 e. The van der Waals surface area contributed by atoms with Gasteiger partial charge in [-0.05, 0) is 69.9 Å². The van der Waals surface area contributed by atoms with E-state index in [9.17, 15) is 14.4 Å². The Hall–Kier alpha value is -2.57. The molecule has 1 aromatic rings. The van der Waals surface area contributed by atoms with Gasteiger partial charge in [-0.2, -0.15) is 0 Å². The Kier molecular flexibility index (Phi) is 10.0. The topological polar surface area (TPSA) is 87.7 Å². The number of ether oxygens (including phenoxy) is 1. The Balaban J connectivity index is 1.94. The number of carbonyl (C=O) groups excluding carboxylic acids is 3. The second-order valence-corrected chi connectivity index (χ2v) is 11.8. The standard InChI is InChI=1S/C30H47N3O4/c1-7-20(3)25(32-29(36)37-30(4,5)6)28(35)33(24-18-19-24)26(22-16-14-21(8-2)15-17-22)27(34)31-23-12-10-9-11-13-23/h14-17,20,23-26H,7-13,18-19H2,1-6H3,(H,31,34)(H,32,36). The van der Waals surface area contributed by atoms with Crippen molar-refractivity contribution in [2.75, 3.05) is 0 Å². The van der Waals surface area contributed by atoms with Gasteiger partial charge in [0.2, 0.25) is 11.8 Å². The van der Waals surface area contributed by atoms with E-state index in [4.69, 9.17) is 4.74 Å². The first-order chi connectivity index (χ1) is 17.5. The summed E-state index contributed by atoms with van der Waals surface area (Å²) in [5.41, 5.74) is 1.32. The van der Waals surface area contributed by atoms with Crippen molar-refractivity contribution in [2.45, 2.75) is 129 Å². The predicted octanol–water partition coefficient (Wildman–Crippen LogP) is 5.67. The van der Waals surface area contributed by atoms with Gasteiger partial charge in [0.05, 0.1) is 0 Å². The maximum atomic E-state index is 14.2. The van der Waals surface area contributed by atoms with E-state index in [1.807, 2.05) is 38.1 Å². The average molecular weight is 514 g/mol. The first-order valence-corrected chi connectivity index (χ1v) is 14.2. The first-order valence-electron chi connectivity index (χ1n) is 14.2. The molecule has 0 radical (unpaired) electrons. The fourth-order valence-electron chi connectivity index (χ4n) is 5.05. The van der Waals surface area contributed by atoms with E-state index in [1.54, 1.807) is 25.7 Å². The first kappa shape index (κ1) is 29.0. The summed E-state index contributed by atoms with van der Waals surface area (Å²) < 4.78 is 5.49. The maximum Gasteiger partial charge on any atom is 0.408 e. The monoisotopic (exact) mass is 513 g/mol. The van der Waals surface area contributed by atoms with Crippen molar-refractivity contribution in [2.24, 2.45) is 5.92 Å². The third kappa shape index (κ3) is 8.21. The van der Waals surface area contributed by atoms with Crippen LogP contribution < -0.4 is 10.6 Å². The summed E-state index contributed by atoms with van der Waals surface area (Å²) in [6.07, 6.45) is 8.07. The highest BCUT2D eigenvalue weighted by Gasteiger charge is 2.45. The van der Waals surface area contributed by atoms with Crippen LogP contribution >= 0.6 is 0 Å². The van der Waals surface area contributed by atoms with Crippen LogP contribution in [0.2, 0.25) is 0 Å². The van der Waals surface area contributed by atoms with E-state index >= 15 is 0 Å². The molecular weight excluding hydrogens is 466 g/mol. The van der Waals surface area contributed by atoms with Crippen LogP contribution in [0.25, 0.3) is 0 Å². The number of rotatable bonds is 10. The lowest BCUT2D eigenvalue weighted by Crippen LogP contribution is -2.56. The van der Waals surface area contributed by atoms with Crippen LogP contribution in [0.3, 0.4) is 0 Å². The van der Waals surface area contributed by atoms with Crippen LogP contribution in [0.4, 0.5) is 4.79 Å². The highest BCUT2D eigenvalue weighted by atomic mass is 16.6. The van der Waals surface area contributed by atoms with Gasteiger partial charge in [-0.3, -0.25) is 9.59 Å². The van der Waals surface area contributed by atoms with E-state index in [1.165, 1.54) is 12.0 Å². The second kappa shape index (κ2) is 12.8. The van der Waals surface area contributed by atoms with E-state index in [0.29, 0.717) is 6.42 Å². The lowest BCUT2D eigenvalue weighted by Gasteiger charge is -2.37. The molecule has 2 aliphatic carbocycles. The number of aryl methyl sites for hydroxylation is 1. The zero-order valence-corrected chi connectivity index (χ0v) is 23.6. The van der Waals surface area contributed by atoms with E-state index in [0.717, 1.165) is 50.5 Å². The van der Waals surface area contributed by atoms with Gasteiger partial charge in [0, 0.05) is 12.1 Å². The molecule has 7 nitrogen and oxygen atoms in total. The summed E-state index contributed by atoms with van der Waals surface area (Å²) in [5, 5.41) is 6.12. The molecule has 1 aromatic carbocycles. The molecule has 2 N–H and O–H groups in total. The molecule has 0 aliphatic heterocycles. The predicted molar refractivity (Wildman–Crippen MR) is 146 cm³/mol. The van der Waals surface area contributed by atoms with E-state index < -0.39 is 23.8 Å².